The van der Waals surface area contributed by atoms with Gasteiger partial charge in [0, 0.05) is 12.1 Å². The Hall–Kier alpha value is -2.42. The number of benzene rings is 2. The second-order valence-electron chi connectivity index (χ2n) is 7.75. The first-order valence-electron chi connectivity index (χ1n) is 9.25. The normalized spacial score (nSPS) is 12.8. The zero-order valence-electron chi connectivity index (χ0n) is 17.2. The van der Waals surface area contributed by atoms with Gasteiger partial charge in [-0.1, -0.05) is 41.9 Å². The smallest absolute Gasteiger partial charge is 0.338 e. The Morgan fingerprint density at radius 3 is 2.33 bits per heavy atom. The minimum absolute atomic E-state index is 0.0306. The number of rotatable bonds is 7. The number of amides is 1. The molecule has 2 N–H and O–H groups in total. The Morgan fingerprint density at radius 1 is 1.10 bits per heavy atom. The molecule has 162 valence electrons. The first-order chi connectivity index (χ1) is 13.9. The average Bonchev–Trinajstić information content (AvgIpc) is 2.65. The first kappa shape index (κ1) is 23.9. The van der Waals surface area contributed by atoms with Gasteiger partial charge < -0.3 is 10.1 Å². The molecule has 0 heterocycles. The number of nitrogens with one attached hydrogen (secondary N) is 2. The fourth-order valence-electron chi connectivity index (χ4n) is 2.51. The van der Waals surface area contributed by atoms with E-state index in [2.05, 4.69) is 10.0 Å². The van der Waals surface area contributed by atoms with Crippen molar-refractivity contribution >= 4 is 33.5 Å². The van der Waals surface area contributed by atoms with Crippen LogP contribution in [0, 0.1) is 0 Å². The summed E-state index contributed by atoms with van der Waals surface area (Å²) in [6, 6.07) is 13.1. The van der Waals surface area contributed by atoms with Crippen LogP contribution >= 0.6 is 11.6 Å². The Balaban J connectivity index is 2.08. The Kier molecular flexibility index (Phi) is 7.63. The number of hydrogen-bond donors (Lipinski definition) is 2. The van der Waals surface area contributed by atoms with Crippen molar-refractivity contribution in [1.82, 2.24) is 10.0 Å². The molecule has 0 aromatic heterocycles. The molecule has 7 nitrogen and oxygen atoms in total. The third-order valence-electron chi connectivity index (χ3n) is 3.86. The molecule has 0 aliphatic rings. The molecule has 0 radical (unpaired) electrons. The zero-order chi connectivity index (χ0) is 22.5. The maximum atomic E-state index is 12.6. The van der Waals surface area contributed by atoms with Crippen LogP contribution in [0.3, 0.4) is 0 Å². The minimum atomic E-state index is -3.96. The molecule has 2 aromatic carbocycles. The summed E-state index contributed by atoms with van der Waals surface area (Å²) in [7, 11) is -3.96. The van der Waals surface area contributed by atoms with Crippen LogP contribution < -0.4 is 10.0 Å². The molecule has 0 bridgehead atoms. The van der Waals surface area contributed by atoms with Crippen molar-refractivity contribution in [2.45, 2.75) is 50.8 Å². The number of carbonyl (C=O) groups excluding carboxylic acids is 2. The summed E-state index contributed by atoms with van der Waals surface area (Å²) in [5, 5.41) is 2.65. The van der Waals surface area contributed by atoms with E-state index in [1.165, 1.54) is 19.1 Å². The standard InChI is InChI=1S/C21H25ClN2O5S/c1-14(19(25)23-13-15-8-6-5-7-9-15)29-20(26)16-10-11-17(22)18(12-16)30(27,28)24-21(2,3)4/h5-12,14,24H,13H2,1-4H3,(H,23,25). The fraction of sp³-hybridized carbons (Fsp3) is 0.333. The van der Waals surface area contributed by atoms with Crippen molar-refractivity contribution in [3.8, 4) is 0 Å². The van der Waals surface area contributed by atoms with Crippen LogP contribution in [0.15, 0.2) is 53.4 Å². The quantitative estimate of drug-likeness (QED) is 0.628. The van der Waals surface area contributed by atoms with E-state index >= 15 is 0 Å². The van der Waals surface area contributed by atoms with Gasteiger partial charge in [0.15, 0.2) is 6.10 Å². The summed E-state index contributed by atoms with van der Waals surface area (Å²) >= 11 is 6.03. The van der Waals surface area contributed by atoms with Crippen molar-refractivity contribution in [3.05, 3.63) is 64.7 Å². The van der Waals surface area contributed by atoms with E-state index in [1.54, 1.807) is 20.8 Å². The Bertz CT molecular complexity index is 1020. The van der Waals surface area contributed by atoms with Crippen LogP contribution in [-0.2, 0) is 26.1 Å². The molecule has 2 rings (SSSR count). The lowest BCUT2D eigenvalue weighted by Gasteiger charge is -2.21. The monoisotopic (exact) mass is 452 g/mol. The van der Waals surface area contributed by atoms with Gasteiger partial charge >= 0.3 is 5.97 Å². The lowest BCUT2D eigenvalue weighted by Crippen LogP contribution is -2.40. The summed E-state index contributed by atoms with van der Waals surface area (Å²) in [5.41, 5.74) is 0.143. The summed E-state index contributed by atoms with van der Waals surface area (Å²) < 4.78 is 32.8. The van der Waals surface area contributed by atoms with Crippen LogP contribution in [-0.4, -0.2) is 31.9 Å². The third-order valence-corrected chi connectivity index (χ3v) is 6.10. The van der Waals surface area contributed by atoms with E-state index in [1.807, 2.05) is 30.3 Å². The van der Waals surface area contributed by atoms with Gasteiger partial charge in [0.25, 0.3) is 5.91 Å². The fourth-order valence-corrected chi connectivity index (χ4v) is 4.45. The van der Waals surface area contributed by atoms with Gasteiger partial charge in [-0.15, -0.1) is 0 Å². The zero-order valence-corrected chi connectivity index (χ0v) is 18.8. The summed E-state index contributed by atoms with van der Waals surface area (Å²) in [6.45, 7) is 6.79. The van der Waals surface area contributed by atoms with Gasteiger partial charge in [-0.25, -0.2) is 17.9 Å². The molecule has 0 aliphatic carbocycles. The van der Waals surface area contributed by atoms with Crippen molar-refractivity contribution in [3.63, 3.8) is 0 Å². The molecular weight excluding hydrogens is 428 g/mol. The van der Waals surface area contributed by atoms with Gasteiger partial charge in [0.1, 0.15) is 4.90 Å². The number of halogens is 1. The Morgan fingerprint density at radius 2 is 1.73 bits per heavy atom. The molecule has 1 amide bonds. The van der Waals surface area contributed by atoms with E-state index in [0.717, 1.165) is 11.6 Å². The number of sulfonamides is 1. The number of esters is 1. The van der Waals surface area contributed by atoms with Crippen molar-refractivity contribution in [2.75, 3.05) is 0 Å². The van der Waals surface area contributed by atoms with Crippen molar-refractivity contribution < 1.29 is 22.7 Å². The van der Waals surface area contributed by atoms with Crippen LogP contribution in [0.25, 0.3) is 0 Å². The molecule has 1 atom stereocenters. The molecule has 0 saturated carbocycles. The van der Waals surface area contributed by atoms with E-state index in [9.17, 15) is 18.0 Å². The van der Waals surface area contributed by atoms with Gasteiger partial charge in [0.05, 0.1) is 10.6 Å². The predicted octanol–water partition coefficient (Wildman–Crippen LogP) is 3.28. The number of ether oxygens (including phenoxy) is 1. The summed E-state index contributed by atoms with van der Waals surface area (Å²) in [4.78, 5) is 24.4. The lowest BCUT2D eigenvalue weighted by molar-refractivity contribution is -0.129. The molecule has 0 fully saturated rings. The molecule has 0 spiro atoms. The van der Waals surface area contributed by atoms with Crippen LogP contribution in [0.1, 0.15) is 43.6 Å². The number of hydrogen-bond acceptors (Lipinski definition) is 5. The molecule has 0 saturated heterocycles. The molecule has 0 aliphatic heterocycles. The van der Waals surface area contributed by atoms with Crippen LogP contribution in [0.5, 0.6) is 0 Å². The molecular formula is C21H25ClN2O5S. The highest BCUT2D eigenvalue weighted by Gasteiger charge is 2.26. The molecule has 9 heteroatoms. The topological polar surface area (TPSA) is 102 Å². The second-order valence-corrected chi connectivity index (χ2v) is 9.81. The lowest BCUT2D eigenvalue weighted by atomic mass is 10.1. The highest BCUT2D eigenvalue weighted by atomic mass is 35.5. The van der Waals surface area contributed by atoms with E-state index in [4.69, 9.17) is 16.3 Å². The predicted molar refractivity (Wildman–Crippen MR) is 115 cm³/mol. The average molecular weight is 453 g/mol. The maximum absolute atomic E-state index is 12.6. The van der Waals surface area contributed by atoms with Crippen LogP contribution in [0.4, 0.5) is 0 Å². The van der Waals surface area contributed by atoms with Crippen molar-refractivity contribution in [1.29, 1.82) is 0 Å². The summed E-state index contributed by atoms with van der Waals surface area (Å²) in [6.07, 6.45) is -1.07. The van der Waals surface area contributed by atoms with Gasteiger partial charge in [-0.05, 0) is 51.5 Å². The highest BCUT2D eigenvalue weighted by Crippen LogP contribution is 2.24. The van der Waals surface area contributed by atoms with Gasteiger partial charge in [-0.3, -0.25) is 4.79 Å². The minimum Gasteiger partial charge on any atom is -0.449 e. The van der Waals surface area contributed by atoms with Crippen molar-refractivity contribution in [2.24, 2.45) is 0 Å². The Labute approximate surface area is 181 Å². The van der Waals surface area contributed by atoms with Gasteiger partial charge in [0.2, 0.25) is 10.0 Å². The molecule has 30 heavy (non-hydrogen) atoms. The van der Waals surface area contributed by atoms with E-state index in [-0.39, 0.29) is 15.5 Å². The first-order valence-corrected chi connectivity index (χ1v) is 11.1. The third kappa shape index (κ3) is 6.83. The van der Waals surface area contributed by atoms with E-state index in [0.29, 0.717) is 6.54 Å². The number of carbonyl (C=O) groups is 2. The SMILES string of the molecule is CC(OC(=O)c1ccc(Cl)c(S(=O)(=O)NC(C)(C)C)c1)C(=O)NCc1ccccc1. The van der Waals surface area contributed by atoms with Crippen LogP contribution in [0.2, 0.25) is 5.02 Å². The second kappa shape index (κ2) is 9.59. The molecule has 2 aromatic rings. The van der Waals surface area contributed by atoms with E-state index < -0.39 is 33.5 Å². The highest BCUT2D eigenvalue weighted by molar-refractivity contribution is 7.89. The maximum Gasteiger partial charge on any atom is 0.338 e. The van der Waals surface area contributed by atoms with Gasteiger partial charge in [-0.2, -0.15) is 0 Å². The molecule has 1 unspecified atom stereocenters. The summed E-state index contributed by atoms with van der Waals surface area (Å²) in [5.74, 6) is -1.30. The largest absolute Gasteiger partial charge is 0.449 e.